The molecular weight excluding hydrogens is 196 g/mol. The smallest absolute Gasteiger partial charge is 0.122 e. The van der Waals surface area contributed by atoms with Crippen molar-refractivity contribution in [1.29, 1.82) is 0 Å². The predicted octanol–water partition coefficient (Wildman–Crippen LogP) is 1.93. The Morgan fingerprint density at radius 1 is 1.43 bits per heavy atom. The van der Waals surface area contributed by atoms with E-state index in [9.17, 15) is 5.11 Å². The van der Waals surface area contributed by atoms with E-state index in [0.717, 1.165) is 11.1 Å². The zero-order valence-corrected chi connectivity index (χ0v) is 8.53. The Labute approximate surface area is 86.2 Å². The topological polar surface area (TPSA) is 46.0 Å². The van der Waals surface area contributed by atoms with E-state index >= 15 is 0 Å². The minimum Gasteiger partial charge on any atom is -0.382 e. The van der Waals surface area contributed by atoms with Crippen LogP contribution in [0.4, 0.5) is 0 Å². The number of hydrogen-bond acceptors (Lipinski definition) is 4. The summed E-state index contributed by atoms with van der Waals surface area (Å²) in [5.41, 5.74) is 2.54. The lowest BCUT2D eigenvalue weighted by Gasteiger charge is -2.10. The summed E-state index contributed by atoms with van der Waals surface area (Å²) in [4.78, 5) is 3.98. The van der Waals surface area contributed by atoms with Gasteiger partial charge in [-0.2, -0.15) is 4.37 Å². The second kappa shape index (κ2) is 3.86. The van der Waals surface area contributed by atoms with Crippen molar-refractivity contribution in [3.8, 4) is 0 Å². The highest BCUT2D eigenvalue weighted by atomic mass is 32.1. The number of aliphatic hydroxyl groups is 1. The zero-order valence-electron chi connectivity index (χ0n) is 7.71. The fraction of sp³-hybridized carbons (Fsp3) is 0.200. The number of aliphatic hydroxyl groups excluding tert-OH is 1. The van der Waals surface area contributed by atoms with Crippen LogP contribution in [0.2, 0.25) is 0 Å². The molecule has 0 aromatic carbocycles. The lowest BCUT2D eigenvalue weighted by atomic mass is 10.0. The van der Waals surface area contributed by atoms with Crippen molar-refractivity contribution < 1.29 is 5.11 Å². The molecule has 2 rings (SSSR count). The summed E-state index contributed by atoms with van der Waals surface area (Å²) in [6.45, 7) is 1.93. The van der Waals surface area contributed by atoms with Crippen molar-refractivity contribution in [2.24, 2.45) is 0 Å². The lowest BCUT2D eigenvalue weighted by Crippen LogP contribution is -2.02. The standard InChI is InChI=1S/C10H10N2OS/c1-7-6-11-4-2-8(7)10(13)9-3-5-14-12-9/h2-6,10,13H,1H3. The molecule has 72 valence electrons. The number of rotatable bonds is 2. The molecule has 0 aliphatic heterocycles. The van der Waals surface area contributed by atoms with Gasteiger partial charge in [0.25, 0.3) is 0 Å². The summed E-state index contributed by atoms with van der Waals surface area (Å²) < 4.78 is 4.10. The highest BCUT2D eigenvalue weighted by molar-refractivity contribution is 7.03. The van der Waals surface area contributed by atoms with Crippen molar-refractivity contribution in [2.45, 2.75) is 13.0 Å². The van der Waals surface area contributed by atoms with Crippen molar-refractivity contribution in [1.82, 2.24) is 9.36 Å². The van der Waals surface area contributed by atoms with E-state index < -0.39 is 6.10 Å². The molecule has 4 heteroatoms. The molecule has 0 saturated carbocycles. The molecule has 0 aliphatic rings. The maximum atomic E-state index is 9.98. The van der Waals surface area contributed by atoms with Crippen LogP contribution in [0.15, 0.2) is 29.9 Å². The summed E-state index contributed by atoms with van der Waals surface area (Å²) in [5.74, 6) is 0. The minimum atomic E-state index is -0.635. The molecular formula is C10H10N2OS. The Balaban J connectivity index is 2.37. The molecule has 2 aromatic heterocycles. The first-order valence-electron chi connectivity index (χ1n) is 4.28. The third-order valence-corrected chi connectivity index (χ3v) is 2.67. The van der Waals surface area contributed by atoms with Crippen LogP contribution in [0, 0.1) is 6.92 Å². The van der Waals surface area contributed by atoms with Crippen LogP contribution >= 0.6 is 11.5 Å². The van der Waals surface area contributed by atoms with Crippen LogP contribution in [0.3, 0.4) is 0 Å². The van der Waals surface area contributed by atoms with Gasteiger partial charge in [-0.25, -0.2) is 0 Å². The van der Waals surface area contributed by atoms with E-state index in [0.29, 0.717) is 5.69 Å². The Hall–Kier alpha value is -1.26. The molecule has 2 aromatic rings. The number of pyridine rings is 1. The van der Waals surface area contributed by atoms with Crippen LogP contribution in [0.5, 0.6) is 0 Å². The third kappa shape index (κ3) is 1.66. The fourth-order valence-corrected chi connectivity index (χ4v) is 1.86. The average molecular weight is 206 g/mol. The van der Waals surface area contributed by atoms with Crippen molar-refractivity contribution in [3.05, 3.63) is 46.7 Å². The molecule has 0 aliphatic carbocycles. The van der Waals surface area contributed by atoms with Gasteiger partial charge in [-0.05, 0) is 41.7 Å². The summed E-state index contributed by atoms with van der Waals surface area (Å²) in [6, 6.07) is 3.65. The van der Waals surface area contributed by atoms with Gasteiger partial charge in [0.15, 0.2) is 0 Å². The van der Waals surface area contributed by atoms with Crippen LogP contribution in [0.1, 0.15) is 22.9 Å². The van der Waals surface area contributed by atoms with Gasteiger partial charge in [0.2, 0.25) is 0 Å². The zero-order chi connectivity index (χ0) is 9.97. The van der Waals surface area contributed by atoms with E-state index in [1.165, 1.54) is 11.5 Å². The molecule has 1 unspecified atom stereocenters. The first kappa shape index (κ1) is 9.30. The summed E-state index contributed by atoms with van der Waals surface area (Å²) in [5, 5.41) is 11.8. The van der Waals surface area contributed by atoms with Gasteiger partial charge in [0.1, 0.15) is 6.10 Å². The minimum absolute atomic E-state index is 0.635. The molecule has 0 spiro atoms. The molecule has 2 heterocycles. The van der Waals surface area contributed by atoms with Gasteiger partial charge in [-0.3, -0.25) is 4.98 Å². The van der Waals surface area contributed by atoms with Gasteiger partial charge in [0, 0.05) is 17.8 Å². The number of aromatic nitrogens is 2. The second-order valence-electron chi connectivity index (χ2n) is 3.06. The molecule has 1 atom stereocenters. The van der Waals surface area contributed by atoms with Gasteiger partial charge < -0.3 is 5.11 Å². The van der Waals surface area contributed by atoms with Crippen LogP contribution in [0.25, 0.3) is 0 Å². The molecule has 0 fully saturated rings. The van der Waals surface area contributed by atoms with Crippen molar-refractivity contribution >= 4 is 11.5 Å². The summed E-state index contributed by atoms with van der Waals surface area (Å²) in [6.07, 6.45) is 2.78. The Morgan fingerprint density at radius 3 is 2.93 bits per heavy atom. The van der Waals surface area contributed by atoms with E-state index in [2.05, 4.69) is 9.36 Å². The van der Waals surface area contributed by atoms with Crippen LogP contribution in [-0.2, 0) is 0 Å². The van der Waals surface area contributed by atoms with Gasteiger partial charge >= 0.3 is 0 Å². The molecule has 3 nitrogen and oxygen atoms in total. The Bertz CT molecular complexity index is 414. The van der Waals surface area contributed by atoms with Gasteiger partial charge in [0.05, 0.1) is 5.69 Å². The fourth-order valence-electron chi connectivity index (χ4n) is 1.31. The van der Waals surface area contributed by atoms with Gasteiger partial charge in [-0.15, -0.1) is 0 Å². The van der Waals surface area contributed by atoms with E-state index in [1.54, 1.807) is 12.4 Å². The predicted molar refractivity (Wildman–Crippen MR) is 55.1 cm³/mol. The number of hydrogen-bond donors (Lipinski definition) is 1. The maximum absolute atomic E-state index is 9.98. The maximum Gasteiger partial charge on any atom is 0.122 e. The van der Waals surface area contributed by atoms with Crippen LogP contribution in [-0.4, -0.2) is 14.5 Å². The summed E-state index contributed by atoms with van der Waals surface area (Å²) >= 11 is 1.34. The van der Waals surface area contributed by atoms with E-state index in [-0.39, 0.29) is 0 Å². The summed E-state index contributed by atoms with van der Waals surface area (Å²) in [7, 11) is 0. The second-order valence-corrected chi connectivity index (χ2v) is 3.72. The monoisotopic (exact) mass is 206 g/mol. The van der Waals surface area contributed by atoms with Gasteiger partial charge in [-0.1, -0.05) is 0 Å². The largest absolute Gasteiger partial charge is 0.382 e. The molecule has 0 bridgehead atoms. The quantitative estimate of drug-likeness (QED) is 0.816. The Morgan fingerprint density at radius 2 is 2.29 bits per heavy atom. The molecule has 0 radical (unpaired) electrons. The van der Waals surface area contributed by atoms with Crippen LogP contribution < -0.4 is 0 Å². The highest BCUT2D eigenvalue weighted by Crippen LogP contribution is 2.23. The number of aryl methyl sites for hydroxylation is 1. The Kier molecular flexibility index (Phi) is 2.56. The third-order valence-electron chi connectivity index (χ3n) is 2.10. The first-order chi connectivity index (χ1) is 6.79. The first-order valence-corrected chi connectivity index (χ1v) is 5.11. The average Bonchev–Trinajstić information content (AvgIpc) is 2.70. The molecule has 14 heavy (non-hydrogen) atoms. The molecule has 1 N–H and O–H groups in total. The molecule has 0 amide bonds. The van der Waals surface area contributed by atoms with Crippen molar-refractivity contribution in [2.75, 3.05) is 0 Å². The number of nitrogens with zero attached hydrogens (tertiary/aromatic N) is 2. The van der Waals surface area contributed by atoms with E-state index in [4.69, 9.17) is 0 Å². The SMILES string of the molecule is Cc1cnccc1C(O)c1ccsn1. The van der Waals surface area contributed by atoms with E-state index in [1.807, 2.05) is 24.4 Å². The highest BCUT2D eigenvalue weighted by Gasteiger charge is 2.13. The normalized spacial score (nSPS) is 12.7. The molecule has 0 saturated heterocycles. The lowest BCUT2D eigenvalue weighted by molar-refractivity contribution is 0.215. The van der Waals surface area contributed by atoms with Crippen molar-refractivity contribution in [3.63, 3.8) is 0 Å².